The molecule has 0 aromatic heterocycles. The summed E-state index contributed by atoms with van der Waals surface area (Å²) in [5.74, 6) is 0.0460. The van der Waals surface area contributed by atoms with Crippen molar-refractivity contribution in [2.24, 2.45) is 29.1 Å². The van der Waals surface area contributed by atoms with Crippen molar-refractivity contribution in [1.82, 2.24) is 0 Å². The molecular formula is C19H30O4. The van der Waals surface area contributed by atoms with Crippen LogP contribution in [0.3, 0.4) is 0 Å². The second-order valence-corrected chi connectivity index (χ2v) is 8.52. The van der Waals surface area contributed by atoms with Crippen LogP contribution in [0, 0.1) is 29.1 Å². The average Bonchev–Trinajstić information content (AvgIpc) is 2.50. The Kier molecular flexibility index (Phi) is 4.13. The number of carboxylic acids is 1. The van der Waals surface area contributed by atoms with Crippen molar-refractivity contribution in [2.45, 2.75) is 71.0 Å². The predicted molar refractivity (Wildman–Crippen MR) is 87.8 cm³/mol. The van der Waals surface area contributed by atoms with Crippen LogP contribution in [-0.4, -0.2) is 33.0 Å². The average molecular weight is 322 g/mol. The van der Waals surface area contributed by atoms with E-state index in [4.69, 9.17) is 0 Å². The summed E-state index contributed by atoms with van der Waals surface area (Å²) < 4.78 is 0. The molecule has 3 aliphatic carbocycles. The Morgan fingerprint density at radius 1 is 1.30 bits per heavy atom. The minimum Gasteiger partial charge on any atom is -0.481 e. The topological polar surface area (TPSA) is 77.8 Å². The Bertz CT molecular complexity index is 525. The first-order chi connectivity index (χ1) is 10.7. The summed E-state index contributed by atoms with van der Waals surface area (Å²) in [7, 11) is 0. The predicted octanol–water partition coefficient (Wildman–Crippen LogP) is 2.98. The van der Waals surface area contributed by atoms with E-state index in [0.29, 0.717) is 18.8 Å². The van der Waals surface area contributed by atoms with E-state index in [-0.39, 0.29) is 17.8 Å². The number of carboxylic acid groups (broad SMARTS) is 1. The van der Waals surface area contributed by atoms with Crippen LogP contribution in [0.25, 0.3) is 0 Å². The number of allylic oxidation sites excluding steroid dienone is 1. The van der Waals surface area contributed by atoms with Crippen molar-refractivity contribution < 1.29 is 20.1 Å². The number of rotatable bonds is 2. The molecule has 0 spiro atoms. The SMILES string of the molecule is CC(C)C1(O)CCC2C(=CCC3C2CCCC3(C)C(=O)O)C1O. The summed E-state index contributed by atoms with van der Waals surface area (Å²) in [4.78, 5) is 11.8. The first kappa shape index (κ1) is 17.0. The van der Waals surface area contributed by atoms with E-state index in [0.717, 1.165) is 31.3 Å². The second-order valence-electron chi connectivity index (χ2n) is 8.52. The van der Waals surface area contributed by atoms with E-state index in [1.54, 1.807) is 0 Å². The third-order valence-electron chi connectivity index (χ3n) is 7.25. The molecule has 3 aliphatic rings. The lowest BCUT2D eigenvalue weighted by Crippen LogP contribution is -2.56. The van der Waals surface area contributed by atoms with Gasteiger partial charge in [-0.25, -0.2) is 0 Å². The standard InChI is InChI=1S/C19H30O4/c1-11(2)19(23)10-8-12-13-5-4-9-18(3,17(21)22)15(13)7-6-14(12)16(19)20/h6,11-13,15-16,20,23H,4-5,7-10H2,1-3H3,(H,21,22). The Morgan fingerprint density at radius 3 is 2.61 bits per heavy atom. The molecule has 0 bridgehead atoms. The van der Waals surface area contributed by atoms with Crippen LogP contribution < -0.4 is 0 Å². The van der Waals surface area contributed by atoms with Gasteiger partial charge in [0, 0.05) is 0 Å². The van der Waals surface area contributed by atoms with Gasteiger partial charge in [0.05, 0.1) is 11.0 Å². The summed E-state index contributed by atoms with van der Waals surface area (Å²) in [6.07, 6.45) is 6.15. The highest BCUT2D eigenvalue weighted by Crippen LogP contribution is 2.56. The molecule has 0 aromatic carbocycles. The van der Waals surface area contributed by atoms with E-state index in [1.165, 1.54) is 0 Å². The van der Waals surface area contributed by atoms with Gasteiger partial charge in [0.25, 0.3) is 0 Å². The van der Waals surface area contributed by atoms with Crippen LogP contribution >= 0.6 is 0 Å². The Hall–Kier alpha value is -0.870. The van der Waals surface area contributed by atoms with E-state index in [9.17, 15) is 20.1 Å². The maximum atomic E-state index is 11.8. The fourth-order valence-corrected chi connectivity index (χ4v) is 5.52. The van der Waals surface area contributed by atoms with Gasteiger partial charge < -0.3 is 15.3 Å². The van der Waals surface area contributed by atoms with Crippen molar-refractivity contribution in [3.8, 4) is 0 Å². The summed E-state index contributed by atoms with van der Waals surface area (Å²) in [5, 5.41) is 31.4. The quantitative estimate of drug-likeness (QED) is 0.683. The molecule has 3 N–H and O–H groups in total. The second kappa shape index (κ2) is 5.59. The molecule has 0 saturated heterocycles. The van der Waals surface area contributed by atoms with Crippen LogP contribution in [0.2, 0.25) is 0 Å². The van der Waals surface area contributed by atoms with Gasteiger partial charge in [-0.2, -0.15) is 0 Å². The zero-order chi connectivity index (χ0) is 17.0. The summed E-state index contributed by atoms with van der Waals surface area (Å²) in [5.41, 5.74) is -0.718. The third kappa shape index (κ3) is 2.37. The highest BCUT2D eigenvalue weighted by molar-refractivity contribution is 5.75. The van der Waals surface area contributed by atoms with E-state index in [1.807, 2.05) is 20.8 Å². The van der Waals surface area contributed by atoms with E-state index in [2.05, 4.69) is 6.08 Å². The van der Waals surface area contributed by atoms with Crippen LogP contribution in [-0.2, 0) is 4.79 Å². The van der Waals surface area contributed by atoms with Gasteiger partial charge in [0.2, 0.25) is 0 Å². The Labute approximate surface area is 138 Å². The zero-order valence-corrected chi connectivity index (χ0v) is 14.5. The van der Waals surface area contributed by atoms with E-state index < -0.39 is 23.1 Å². The van der Waals surface area contributed by atoms with Gasteiger partial charge >= 0.3 is 5.97 Å². The van der Waals surface area contributed by atoms with Crippen molar-refractivity contribution in [3.63, 3.8) is 0 Å². The third-order valence-corrected chi connectivity index (χ3v) is 7.25. The van der Waals surface area contributed by atoms with Gasteiger partial charge in [0.1, 0.15) is 6.10 Å². The maximum Gasteiger partial charge on any atom is 0.309 e. The summed E-state index contributed by atoms with van der Waals surface area (Å²) in [6.45, 7) is 5.81. The smallest absolute Gasteiger partial charge is 0.309 e. The number of hydrogen-bond donors (Lipinski definition) is 3. The lowest BCUT2D eigenvalue weighted by atomic mass is 9.52. The highest BCUT2D eigenvalue weighted by atomic mass is 16.4. The number of carbonyl (C=O) groups is 1. The number of aliphatic hydroxyl groups is 2. The van der Waals surface area contributed by atoms with Gasteiger partial charge in [-0.05, 0) is 68.3 Å². The van der Waals surface area contributed by atoms with Gasteiger partial charge in [-0.15, -0.1) is 0 Å². The van der Waals surface area contributed by atoms with Crippen LogP contribution in [0.15, 0.2) is 11.6 Å². The molecule has 0 aromatic rings. The van der Waals surface area contributed by atoms with Crippen molar-refractivity contribution in [2.75, 3.05) is 0 Å². The maximum absolute atomic E-state index is 11.8. The largest absolute Gasteiger partial charge is 0.481 e. The molecule has 0 aliphatic heterocycles. The normalized spacial score (nSPS) is 46.8. The highest BCUT2D eigenvalue weighted by Gasteiger charge is 2.55. The number of hydrogen-bond acceptors (Lipinski definition) is 3. The molecule has 2 fully saturated rings. The number of aliphatic carboxylic acids is 1. The van der Waals surface area contributed by atoms with Crippen LogP contribution in [0.5, 0.6) is 0 Å². The number of fused-ring (bicyclic) bond motifs is 3. The van der Waals surface area contributed by atoms with Crippen LogP contribution in [0.4, 0.5) is 0 Å². The van der Waals surface area contributed by atoms with Gasteiger partial charge in [-0.3, -0.25) is 4.79 Å². The Morgan fingerprint density at radius 2 is 2.00 bits per heavy atom. The molecule has 3 rings (SSSR count). The molecule has 0 amide bonds. The van der Waals surface area contributed by atoms with Crippen molar-refractivity contribution in [3.05, 3.63) is 11.6 Å². The molecular weight excluding hydrogens is 292 g/mol. The fourth-order valence-electron chi connectivity index (χ4n) is 5.52. The number of aliphatic hydroxyl groups excluding tert-OH is 1. The van der Waals surface area contributed by atoms with Crippen molar-refractivity contribution >= 4 is 5.97 Å². The Balaban J connectivity index is 1.93. The fraction of sp³-hybridized carbons (Fsp3) is 0.842. The van der Waals surface area contributed by atoms with E-state index >= 15 is 0 Å². The minimum atomic E-state index is -1.04. The lowest BCUT2D eigenvalue weighted by Gasteiger charge is -2.54. The monoisotopic (exact) mass is 322 g/mol. The molecule has 130 valence electrons. The molecule has 23 heavy (non-hydrogen) atoms. The molecule has 2 saturated carbocycles. The van der Waals surface area contributed by atoms with Crippen molar-refractivity contribution in [1.29, 1.82) is 0 Å². The molecule has 6 unspecified atom stereocenters. The lowest BCUT2D eigenvalue weighted by molar-refractivity contribution is -0.159. The van der Waals surface area contributed by atoms with Crippen LogP contribution in [0.1, 0.15) is 59.3 Å². The first-order valence-corrected chi connectivity index (χ1v) is 9.05. The summed E-state index contributed by atoms with van der Waals surface area (Å²) >= 11 is 0. The molecule has 0 radical (unpaired) electrons. The minimum absolute atomic E-state index is 0.00714. The van der Waals surface area contributed by atoms with Gasteiger partial charge in [0.15, 0.2) is 0 Å². The van der Waals surface area contributed by atoms with Gasteiger partial charge in [-0.1, -0.05) is 26.3 Å². The molecule has 6 atom stereocenters. The first-order valence-electron chi connectivity index (χ1n) is 9.05. The molecule has 0 heterocycles. The molecule has 4 heteroatoms. The molecule has 4 nitrogen and oxygen atoms in total. The zero-order valence-electron chi connectivity index (χ0n) is 14.5. The summed E-state index contributed by atoms with van der Waals surface area (Å²) in [6, 6.07) is 0.